The van der Waals surface area contributed by atoms with E-state index in [-0.39, 0.29) is 18.2 Å². The van der Waals surface area contributed by atoms with E-state index in [9.17, 15) is 14.4 Å². The molecule has 2 atom stereocenters. The van der Waals surface area contributed by atoms with Crippen molar-refractivity contribution in [1.82, 2.24) is 10.2 Å². The van der Waals surface area contributed by atoms with Crippen molar-refractivity contribution >= 4 is 23.6 Å². The maximum atomic E-state index is 12.4. The van der Waals surface area contributed by atoms with Crippen LogP contribution in [0.1, 0.15) is 43.7 Å². The van der Waals surface area contributed by atoms with Crippen LogP contribution in [-0.2, 0) is 9.59 Å². The molecule has 27 heavy (non-hydrogen) atoms. The number of hydrogen-bond acceptors (Lipinski definition) is 4. The molecule has 2 rings (SSSR count). The van der Waals surface area contributed by atoms with Gasteiger partial charge in [-0.05, 0) is 64.1 Å². The normalized spacial score (nSPS) is 18.6. The van der Waals surface area contributed by atoms with Crippen LogP contribution in [0.25, 0.3) is 0 Å². The lowest BCUT2D eigenvalue weighted by molar-refractivity contribution is -0.137. The van der Waals surface area contributed by atoms with Crippen LogP contribution >= 0.6 is 0 Å². The highest BCUT2D eigenvalue weighted by Gasteiger charge is 2.28. The fourth-order valence-electron chi connectivity index (χ4n) is 3.50. The Morgan fingerprint density at radius 2 is 2.04 bits per heavy atom. The number of urea groups is 1. The van der Waals surface area contributed by atoms with E-state index in [4.69, 9.17) is 5.11 Å². The molecule has 1 aliphatic heterocycles. The number of nitrogens with one attached hydrogen (secondary N) is 2. The molecule has 1 aromatic rings. The molecule has 0 bridgehead atoms. The third-order valence-corrected chi connectivity index (χ3v) is 5.11. The van der Waals surface area contributed by atoms with Crippen LogP contribution < -0.4 is 10.6 Å². The Morgan fingerprint density at radius 1 is 1.30 bits per heavy atom. The molecule has 0 aliphatic carbocycles. The van der Waals surface area contributed by atoms with E-state index < -0.39 is 18.0 Å². The number of rotatable bonds is 6. The minimum Gasteiger partial charge on any atom is -0.481 e. The number of piperidine rings is 1. The first-order chi connectivity index (χ1) is 12.8. The quantitative estimate of drug-likeness (QED) is 0.710. The molecule has 3 amide bonds. The van der Waals surface area contributed by atoms with Crippen molar-refractivity contribution in [3.05, 3.63) is 29.3 Å². The lowest BCUT2D eigenvalue weighted by atomic mass is 9.92. The average molecular weight is 375 g/mol. The van der Waals surface area contributed by atoms with Crippen molar-refractivity contribution in [1.29, 1.82) is 0 Å². The summed E-state index contributed by atoms with van der Waals surface area (Å²) in [6.45, 7) is 7.11. The van der Waals surface area contributed by atoms with Gasteiger partial charge in [0.2, 0.25) is 5.91 Å². The molecule has 1 aromatic carbocycles. The van der Waals surface area contributed by atoms with E-state index in [0.29, 0.717) is 18.7 Å². The number of aryl methyl sites for hydroxylation is 2. The molecule has 148 valence electrons. The summed E-state index contributed by atoms with van der Waals surface area (Å²) in [5.74, 6) is -0.869. The number of amides is 3. The van der Waals surface area contributed by atoms with Crippen molar-refractivity contribution in [2.45, 2.75) is 52.5 Å². The standard InChI is InChI=1S/C20H29N3O4/c1-13-6-8-17(14(2)11-13)21-20(27)22-19(26)15(3)23-10-4-5-16(12-23)7-9-18(24)25/h6,8,11,15-16H,4-5,7,9-10,12H2,1-3H3,(H,24,25)(H2,21,22,26,27). The Bertz CT molecular complexity index is 704. The van der Waals surface area contributed by atoms with Gasteiger partial charge >= 0.3 is 12.0 Å². The first-order valence-corrected chi connectivity index (χ1v) is 9.41. The molecule has 1 heterocycles. The molecule has 1 aliphatic rings. The summed E-state index contributed by atoms with van der Waals surface area (Å²) in [6.07, 6.45) is 2.67. The van der Waals surface area contributed by atoms with Gasteiger partial charge in [-0.2, -0.15) is 0 Å². The van der Waals surface area contributed by atoms with Gasteiger partial charge in [-0.3, -0.25) is 19.8 Å². The van der Waals surface area contributed by atoms with Gasteiger partial charge in [0.1, 0.15) is 0 Å². The van der Waals surface area contributed by atoms with Crippen molar-refractivity contribution in [3.8, 4) is 0 Å². The number of anilines is 1. The number of carbonyl (C=O) groups is 3. The van der Waals surface area contributed by atoms with E-state index in [1.54, 1.807) is 6.92 Å². The zero-order valence-electron chi connectivity index (χ0n) is 16.2. The zero-order valence-corrected chi connectivity index (χ0v) is 16.2. The van der Waals surface area contributed by atoms with Crippen LogP contribution in [-0.4, -0.2) is 47.0 Å². The van der Waals surface area contributed by atoms with E-state index in [2.05, 4.69) is 10.6 Å². The number of hydrogen-bond donors (Lipinski definition) is 3. The third-order valence-electron chi connectivity index (χ3n) is 5.11. The molecule has 0 saturated carbocycles. The lowest BCUT2D eigenvalue weighted by Gasteiger charge is -2.35. The Balaban J connectivity index is 1.86. The monoisotopic (exact) mass is 375 g/mol. The van der Waals surface area contributed by atoms with Gasteiger partial charge in [0, 0.05) is 18.7 Å². The summed E-state index contributed by atoms with van der Waals surface area (Å²) >= 11 is 0. The fraction of sp³-hybridized carbons (Fsp3) is 0.550. The largest absolute Gasteiger partial charge is 0.481 e. The van der Waals surface area contributed by atoms with Gasteiger partial charge in [0.25, 0.3) is 0 Å². The predicted octanol–water partition coefficient (Wildman–Crippen LogP) is 2.92. The van der Waals surface area contributed by atoms with Gasteiger partial charge in [0.05, 0.1) is 6.04 Å². The summed E-state index contributed by atoms with van der Waals surface area (Å²) < 4.78 is 0. The predicted molar refractivity (Wildman–Crippen MR) is 104 cm³/mol. The van der Waals surface area contributed by atoms with Crippen molar-refractivity contribution < 1.29 is 19.5 Å². The van der Waals surface area contributed by atoms with Crippen molar-refractivity contribution in [3.63, 3.8) is 0 Å². The van der Waals surface area contributed by atoms with Gasteiger partial charge in [-0.1, -0.05) is 17.7 Å². The molecular formula is C20H29N3O4. The summed E-state index contributed by atoms with van der Waals surface area (Å²) in [5.41, 5.74) is 2.71. The summed E-state index contributed by atoms with van der Waals surface area (Å²) in [5, 5.41) is 14.0. The first-order valence-electron chi connectivity index (χ1n) is 9.41. The number of likely N-dealkylation sites (tertiary alicyclic amines) is 1. The van der Waals surface area contributed by atoms with Crippen LogP contribution in [0.2, 0.25) is 0 Å². The molecular weight excluding hydrogens is 346 g/mol. The van der Waals surface area contributed by atoms with Crippen LogP contribution in [0.5, 0.6) is 0 Å². The van der Waals surface area contributed by atoms with E-state index in [1.807, 2.05) is 36.9 Å². The molecule has 1 saturated heterocycles. The highest BCUT2D eigenvalue weighted by Crippen LogP contribution is 2.22. The molecule has 0 spiro atoms. The summed E-state index contributed by atoms with van der Waals surface area (Å²) in [4.78, 5) is 37.4. The molecule has 2 unspecified atom stereocenters. The van der Waals surface area contributed by atoms with Crippen LogP contribution in [0, 0.1) is 19.8 Å². The molecule has 0 radical (unpaired) electrons. The number of carbonyl (C=O) groups excluding carboxylic acids is 2. The lowest BCUT2D eigenvalue weighted by Crippen LogP contribution is -2.51. The molecule has 1 fully saturated rings. The minimum absolute atomic E-state index is 0.150. The van der Waals surface area contributed by atoms with Crippen molar-refractivity contribution in [2.24, 2.45) is 5.92 Å². The summed E-state index contributed by atoms with van der Waals surface area (Å²) in [6, 6.07) is 4.69. The van der Waals surface area contributed by atoms with Crippen LogP contribution in [0.4, 0.5) is 10.5 Å². The molecule has 7 nitrogen and oxygen atoms in total. The Labute approximate surface area is 160 Å². The van der Waals surface area contributed by atoms with Crippen LogP contribution in [0.3, 0.4) is 0 Å². The maximum Gasteiger partial charge on any atom is 0.325 e. The molecule has 7 heteroatoms. The first kappa shape index (κ1) is 20.9. The average Bonchev–Trinajstić information content (AvgIpc) is 2.62. The fourth-order valence-corrected chi connectivity index (χ4v) is 3.50. The zero-order chi connectivity index (χ0) is 20.0. The maximum absolute atomic E-state index is 12.4. The SMILES string of the molecule is Cc1ccc(NC(=O)NC(=O)C(C)N2CCCC(CCC(=O)O)C2)c(C)c1. The third kappa shape index (κ3) is 6.36. The number of aliphatic carboxylic acids is 1. The Hall–Kier alpha value is -2.41. The second-order valence-electron chi connectivity index (χ2n) is 7.37. The second-order valence-corrected chi connectivity index (χ2v) is 7.37. The van der Waals surface area contributed by atoms with E-state index in [0.717, 1.165) is 30.5 Å². The van der Waals surface area contributed by atoms with Crippen LogP contribution in [0.15, 0.2) is 18.2 Å². The number of imide groups is 1. The number of benzene rings is 1. The Kier molecular flexibility index (Phi) is 7.36. The minimum atomic E-state index is -0.791. The topological polar surface area (TPSA) is 98.7 Å². The van der Waals surface area contributed by atoms with Gasteiger partial charge < -0.3 is 10.4 Å². The van der Waals surface area contributed by atoms with Gasteiger partial charge in [0.15, 0.2) is 0 Å². The smallest absolute Gasteiger partial charge is 0.325 e. The second kappa shape index (κ2) is 9.50. The highest BCUT2D eigenvalue weighted by molar-refractivity contribution is 6.03. The Morgan fingerprint density at radius 3 is 2.70 bits per heavy atom. The van der Waals surface area contributed by atoms with E-state index in [1.165, 1.54) is 0 Å². The number of carboxylic acids is 1. The summed E-state index contributed by atoms with van der Waals surface area (Å²) in [7, 11) is 0. The number of nitrogens with zero attached hydrogens (tertiary/aromatic N) is 1. The highest BCUT2D eigenvalue weighted by atomic mass is 16.4. The molecule has 3 N–H and O–H groups in total. The van der Waals surface area contributed by atoms with E-state index >= 15 is 0 Å². The van der Waals surface area contributed by atoms with Gasteiger partial charge in [-0.15, -0.1) is 0 Å². The van der Waals surface area contributed by atoms with Crippen molar-refractivity contribution in [2.75, 3.05) is 18.4 Å². The van der Waals surface area contributed by atoms with Gasteiger partial charge in [-0.25, -0.2) is 4.79 Å². The number of carboxylic acid groups (broad SMARTS) is 1. The molecule has 0 aromatic heterocycles.